The monoisotopic (exact) mass is 210 g/mol. The van der Waals surface area contributed by atoms with E-state index in [1.807, 2.05) is 24.3 Å². The molecule has 1 aromatic rings. The predicted octanol–water partition coefficient (Wildman–Crippen LogP) is 0.983. The maximum Gasteiger partial charge on any atom is 0.230 e. The summed E-state index contributed by atoms with van der Waals surface area (Å²) in [5, 5.41) is 2.58. The lowest BCUT2D eigenvalue weighted by Gasteiger charge is -2.02. The summed E-state index contributed by atoms with van der Waals surface area (Å²) in [6.45, 7) is 0.536. The highest BCUT2D eigenvalue weighted by Gasteiger charge is 2.00. The topological polar surface area (TPSA) is 55.1 Å². The minimum Gasteiger partial charge on any atom is -0.358 e. The van der Waals surface area contributed by atoms with E-state index in [4.69, 9.17) is 5.73 Å². The lowest BCUT2D eigenvalue weighted by molar-refractivity contribution is -0.118. The number of benzene rings is 1. The second-order valence-electron chi connectivity index (χ2n) is 2.81. The van der Waals surface area contributed by atoms with Gasteiger partial charge in [0.25, 0.3) is 0 Å². The highest BCUT2D eigenvalue weighted by molar-refractivity contribution is 8.00. The summed E-state index contributed by atoms with van der Waals surface area (Å²) in [7, 11) is 1.64. The zero-order valence-corrected chi connectivity index (χ0v) is 8.93. The largest absolute Gasteiger partial charge is 0.358 e. The molecule has 1 rings (SSSR count). The molecule has 4 heteroatoms. The summed E-state index contributed by atoms with van der Waals surface area (Å²) in [5.74, 6) is 0.484. The number of thioether (sulfide) groups is 1. The van der Waals surface area contributed by atoms with E-state index in [0.29, 0.717) is 12.3 Å². The fourth-order valence-electron chi connectivity index (χ4n) is 0.983. The van der Waals surface area contributed by atoms with Crippen molar-refractivity contribution in [3.8, 4) is 0 Å². The van der Waals surface area contributed by atoms with Crippen molar-refractivity contribution in [2.45, 2.75) is 11.4 Å². The Kier molecular flexibility index (Phi) is 4.49. The molecule has 0 saturated carbocycles. The summed E-state index contributed by atoms with van der Waals surface area (Å²) in [6, 6.07) is 7.92. The van der Waals surface area contributed by atoms with Gasteiger partial charge in [-0.1, -0.05) is 12.1 Å². The number of rotatable bonds is 4. The third-order valence-electron chi connectivity index (χ3n) is 1.78. The van der Waals surface area contributed by atoms with Crippen LogP contribution in [0.2, 0.25) is 0 Å². The van der Waals surface area contributed by atoms with Gasteiger partial charge >= 0.3 is 0 Å². The fourth-order valence-corrected chi connectivity index (χ4v) is 1.83. The van der Waals surface area contributed by atoms with Gasteiger partial charge in [-0.25, -0.2) is 0 Å². The molecule has 0 unspecified atom stereocenters. The Morgan fingerprint density at radius 3 is 3.00 bits per heavy atom. The Hall–Kier alpha value is -1.00. The average molecular weight is 210 g/mol. The predicted molar refractivity (Wildman–Crippen MR) is 59.1 cm³/mol. The lowest BCUT2D eigenvalue weighted by atomic mass is 10.2. The molecule has 1 amide bonds. The van der Waals surface area contributed by atoms with Crippen LogP contribution >= 0.6 is 11.8 Å². The summed E-state index contributed by atoms with van der Waals surface area (Å²) in [4.78, 5) is 12.1. The van der Waals surface area contributed by atoms with Crippen LogP contribution in [0.1, 0.15) is 5.56 Å². The van der Waals surface area contributed by atoms with Crippen LogP contribution in [0.4, 0.5) is 0 Å². The minimum absolute atomic E-state index is 0.0353. The molecular formula is C10H14N2OS. The molecule has 1 aromatic carbocycles. The minimum atomic E-state index is 0.0353. The molecule has 0 heterocycles. The van der Waals surface area contributed by atoms with Crippen LogP contribution in [0, 0.1) is 0 Å². The van der Waals surface area contributed by atoms with Gasteiger partial charge in [-0.2, -0.15) is 0 Å². The summed E-state index contributed by atoms with van der Waals surface area (Å²) in [5.41, 5.74) is 6.60. The summed E-state index contributed by atoms with van der Waals surface area (Å²) in [6.07, 6.45) is 0. The zero-order valence-electron chi connectivity index (χ0n) is 8.12. The van der Waals surface area contributed by atoms with Gasteiger partial charge in [0.1, 0.15) is 0 Å². The van der Waals surface area contributed by atoms with Crippen LogP contribution in [-0.2, 0) is 11.3 Å². The Balaban J connectivity index is 2.54. The van der Waals surface area contributed by atoms with Crippen molar-refractivity contribution in [1.82, 2.24) is 5.32 Å². The van der Waals surface area contributed by atoms with Crippen LogP contribution in [0.25, 0.3) is 0 Å². The first kappa shape index (κ1) is 11.1. The second kappa shape index (κ2) is 5.67. The van der Waals surface area contributed by atoms with Gasteiger partial charge in [-0.15, -0.1) is 11.8 Å². The van der Waals surface area contributed by atoms with Gasteiger partial charge in [0.2, 0.25) is 5.91 Å². The number of hydrogen-bond donors (Lipinski definition) is 2. The first-order valence-electron chi connectivity index (χ1n) is 4.38. The molecule has 0 aliphatic heterocycles. The number of nitrogens with one attached hydrogen (secondary N) is 1. The number of nitrogens with two attached hydrogens (primary N) is 1. The molecule has 0 saturated heterocycles. The first-order chi connectivity index (χ1) is 6.76. The summed E-state index contributed by atoms with van der Waals surface area (Å²) < 4.78 is 0. The molecule has 0 radical (unpaired) electrons. The van der Waals surface area contributed by atoms with Crippen molar-refractivity contribution in [2.75, 3.05) is 12.8 Å². The standard InChI is InChI=1S/C10H14N2OS/c1-12-10(13)7-14-9-4-2-3-8(5-9)6-11/h2-5H,6-7,11H2,1H3,(H,12,13). The van der Waals surface area contributed by atoms with Crippen LogP contribution < -0.4 is 11.1 Å². The summed E-state index contributed by atoms with van der Waals surface area (Å²) >= 11 is 1.52. The number of carbonyl (C=O) groups excluding carboxylic acids is 1. The van der Waals surface area contributed by atoms with Crippen molar-refractivity contribution in [2.24, 2.45) is 5.73 Å². The van der Waals surface area contributed by atoms with Gasteiger partial charge in [0.05, 0.1) is 5.75 Å². The second-order valence-corrected chi connectivity index (χ2v) is 3.86. The Labute approximate surface area is 88.1 Å². The van der Waals surface area contributed by atoms with Gasteiger partial charge in [-0.05, 0) is 17.7 Å². The smallest absolute Gasteiger partial charge is 0.230 e. The molecule has 0 aromatic heterocycles. The quantitative estimate of drug-likeness (QED) is 0.728. The van der Waals surface area contributed by atoms with Crippen molar-refractivity contribution < 1.29 is 4.79 Å². The number of carbonyl (C=O) groups is 1. The molecule has 0 aliphatic carbocycles. The molecule has 0 fully saturated rings. The average Bonchev–Trinajstić information content (AvgIpc) is 2.26. The van der Waals surface area contributed by atoms with Crippen molar-refractivity contribution in [3.05, 3.63) is 29.8 Å². The Morgan fingerprint density at radius 1 is 1.57 bits per heavy atom. The van der Waals surface area contributed by atoms with E-state index in [-0.39, 0.29) is 5.91 Å². The first-order valence-corrected chi connectivity index (χ1v) is 5.37. The van der Waals surface area contributed by atoms with Gasteiger partial charge in [0.15, 0.2) is 0 Å². The van der Waals surface area contributed by atoms with Crippen LogP contribution in [0.3, 0.4) is 0 Å². The van der Waals surface area contributed by atoms with E-state index < -0.39 is 0 Å². The van der Waals surface area contributed by atoms with Gasteiger partial charge in [0, 0.05) is 18.5 Å². The van der Waals surface area contributed by atoms with Crippen molar-refractivity contribution in [3.63, 3.8) is 0 Å². The lowest BCUT2D eigenvalue weighted by Crippen LogP contribution is -2.19. The maximum atomic E-state index is 11.0. The van der Waals surface area contributed by atoms with E-state index in [9.17, 15) is 4.79 Å². The molecule has 0 atom stereocenters. The van der Waals surface area contributed by atoms with Gasteiger partial charge in [-0.3, -0.25) is 4.79 Å². The molecule has 14 heavy (non-hydrogen) atoms. The molecule has 3 nitrogen and oxygen atoms in total. The molecule has 0 bridgehead atoms. The zero-order chi connectivity index (χ0) is 10.4. The SMILES string of the molecule is CNC(=O)CSc1cccc(CN)c1. The normalized spacial score (nSPS) is 9.86. The maximum absolute atomic E-state index is 11.0. The molecule has 3 N–H and O–H groups in total. The van der Waals surface area contributed by atoms with Crippen LogP contribution in [0.5, 0.6) is 0 Å². The fraction of sp³-hybridized carbons (Fsp3) is 0.300. The third-order valence-corrected chi connectivity index (χ3v) is 2.78. The number of amides is 1. The highest BCUT2D eigenvalue weighted by Crippen LogP contribution is 2.18. The van der Waals surface area contributed by atoms with Crippen LogP contribution in [-0.4, -0.2) is 18.7 Å². The molecule has 0 aliphatic rings. The van der Waals surface area contributed by atoms with E-state index in [0.717, 1.165) is 10.5 Å². The van der Waals surface area contributed by atoms with Crippen molar-refractivity contribution >= 4 is 17.7 Å². The Bertz CT molecular complexity index is 315. The Morgan fingerprint density at radius 2 is 2.36 bits per heavy atom. The van der Waals surface area contributed by atoms with E-state index >= 15 is 0 Å². The van der Waals surface area contributed by atoms with E-state index in [2.05, 4.69) is 5.32 Å². The van der Waals surface area contributed by atoms with E-state index in [1.165, 1.54) is 11.8 Å². The van der Waals surface area contributed by atoms with Crippen LogP contribution in [0.15, 0.2) is 29.2 Å². The van der Waals surface area contributed by atoms with E-state index in [1.54, 1.807) is 7.05 Å². The third kappa shape index (κ3) is 3.40. The number of hydrogen-bond acceptors (Lipinski definition) is 3. The molecule has 76 valence electrons. The van der Waals surface area contributed by atoms with Gasteiger partial charge < -0.3 is 11.1 Å². The van der Waals surface area contributed by atoms with Crippen molar-refractivity contribution in [1.29, 1.82) is 0 Å². The highest BCUT2D eigenvalue weighted by atomic mass is 32.2. The molecular weight excluding hydrogens is 196 g/mol. The molecule has 0 spiro atoms.